The van der Waals surface area contributed by atoms with E-state index in [2.05, 4.69) is 27.9 Å². The predicted molar refractivity (Wildman–Crippen MR) is 87.9 cm³/mol. The highest BCUT2D eigenvalue weighted by Gasteiger charge is 2.08. The van der Waals surface area contributed by atoms with E-state index in [4.69, 9.17) is 17.3 Å². The maximum absolute atomic E-state index is 11.9. The number of nitrogen functional groups attached to an aromatic ring is 1. The Bertz CT molecular complexity index is 715. The standard InChI is InChI=1S/C13H11ClIN3O2/c14-10-5-8(15)1-3-11(10)17-12(19)7-18-6-9(16)2-4-13(18)20/h1-6H,7,16H2,(H,17,19). The zero-order valence-corrected chi connectivity index (χ0v) is 13.2. The number of pyridine rings is 1. The minimum atomic E-state index is -0.346. The van der Waals surface area contributed by atoms with Gasteiger partial charge in [0.2, 0.25) is 5.91 Å². The minimum Gasteiger partial charge on any atom is -0.398 e. The molecule has 104 valence electrons. The normalized spacial score (nSPS) is 10.3. The SMILES string of the molecule is Nc1ccc(=O)n(CC(=O)Nc2ccc(I)cc2Cl)c1. The van der Waals surface area contributed by atoms with Gasteiger partial charge in [0.05, 0.1) is 10.7 Å². The summed E-state index contributed by atoms with van der Waals surface area (Å²) < 4.78 is 2.21. The molecule has 0 unspecified atom stereocenters. The topological polar surface area (TPSA) is 77.1 Å². The largest absolute Gasteiger partial charge is 0.398 e. The molecule has 1 aromatic carbocycles. The molecule has 0 aliphatic carbocycles. The first kappa shape index (κ1) is 14.9. The Morgan fingerprint density at radius 2 is 2.10 bits per heavy atom. The minimum absolute atomic E-state index is 0.119. The van der Waals surface area contributed by atoms with Crippen LogP contribution in [0.25, 0.3) is 0 Å². The maximum Gasteiger partial charge on any atom is 0.251 e. The van der Waals surface area contributed by atoms with Crippen LogP contribution < -0.4 is 16.6 Å². The number of rotatable bonds is 3. The van der Waals surface area contributed by atoms with Crippen molar-refractivity contribution in [2.24, 2.45) is 0 Å². The van der Waals surface area contributed by atoms with Gasteiger partial charge < -0.3 is 15.6 Å². The van der Waals surface area contributed by atoms with Crippen molar-refractivity contribution in [3.63, 3.8) is 0 Å². The van der Waals surface area contributed by atoms with Crippen molar-refractivity contribution in [2.45, 2.75) is 6.54 Å². The number of benzene rings is 1. The molecule has 2 rings (SSSR count). The van der Waals surface area contributed by atoms with Crippen LogP contribution in [-0.4, -0.2) is 10.5 Å². The van der Waals surface area contributed by atoms with Crippen molar-refractivity contribution >= 4 is 51.5 Å². The zero-order valence-electron chi connectivity index (χ0n) is 10.3. The maximum atomic E-state index is 11.9. The van der Waals surface area contributed by atoms with Crippen molar-refractivity contribution in [2.75, 3.05) is 11.1 Å². The van der Waals surface area contributed by atoms with Gasteiger partial charge in [-0.25, -0.2) is 0 Å². The van der Waals surface area contributed by atoms with Gasteiger partial charge in [-0.2, -0.15) is 0 Å². The Morgan fingerprint density at radius 3 is 2.80 bits per heavy atom. The highest BCUT2D eigenvalue weighted by Crippen LogP contribution is 2.23. The van der Waals surface area contributed by atoms with E-state index >= 15 is 0 Å². The molecule has 5 nitrogen and oxygen atoms in total. The summed E-state index contributed by atoms with van der Waals surface area (Å²) in [5, 5.41) is 3.11. The Morgan fingerprint density at radius 1 is 1.35 bits per heavy atom. The number of hydrogen-bond donors (Lipinski definition) is 2. The second-order valence-electron chi connectivity index (χ2n) is 4.10. The van der Waals surface area contributed by atoms with E-state index in [1.54, 1.807) is 12.1 Å². The van der Waals surface area contributed by atoms with Crippen molar-refractivity contribution < 1.29 is 4.79 Å². The third kappa shape index (κ3) is 3.73. The van der Waals surface area contributed by atoms with Crippen LogP contribution in [0.4, 0.5) is 11.4 Å². The number of halogens is 2. The van der Waals surface area contributed by atoms with Gasteiger partial charge >= 0.3 is 0 Å². The molecule has 2 aromatic rings. The quantitative estimate of drug-likeness (QED) is 0.772. The fourth-order valence-electron chi connectivity index (χ4n) is 1.61. The summed E-state index contributed by atoms with van der Waals surface area (Å²) in [7, 11) is 0. The molecule has 20 heavy (non-hydrogen) atoms. The molecule has 1 aromatic heterocycles. The molecule has 0 spiro atoms. The molecular weight excluding hydrogens is 393 g/mol. The lowest BCUT2D eigenvalue weighted by Crippen LogP contribution is -2.27. The van der Waals surface area contributed by atoms with Crippen LogP contribution in [0.3, 0.4) is 0 Å². The molecule has 0 aliphatic rings. The van der Waals surface area contributed by atoms with Crippen molar-refractivity contribution in [1.82, 2.24) is 4.57 Å². The van der Waals surface area contributed by atoms with Crippen LogP contribution in [0.15, 0.2) is 41.3 Å². The molecule has 0 saturated carbocycles. The van der Waals surface area contributed by atoms with Gasteiger partial charge in [-0.3, -0.25) is 9.59 Å². The average Bonchev–Trinajstić information content (AvgIpc) is 2.37. The molecule has 0 aliphatic heterocycles. The number of nitrogens with two attached hydrogens (primary N) is 1. The molecule has 1 heterocycles. The first-order chi connectivity index (χ1) is 9.45. The van der Waals surface area contributed by atoms with Crippen LogP contribution in [0.5, 0.6) is 0 Å². The van der Waals surface area contributed by atoms with Gasteiger partial charge in [0.25, 0.3) is 5.56 Å². The van der Waals surface area contributed by atoms with E-state index in [-0.39, 0.29) is 18.0 Å². The van der Waals surface area contributed by atoms with Crippen molar-refractivity contribution in [1.29, 1.82) is 0 Å². The van der Waals surface area contributed by atoms with E-state index in [0.717, 1.165) is 3.57 Å². The van der Waals surface area contributed by atoms with E-state index in [0.29, 0.717) is 16.4 Å². The van der Waals surface area contributed by atoms with Crippen LogP contribution in [-0.2, 0) is 11.3 Å². The summed E-state index contributed by atoms with van der Waals surface area (Å²) in [5.74, 6) is -0.346. The molecule has 0 saturated heterocycles. The lowest BCUT2D eigenvalue weighted by atomic mass is 10.3. The van der Waals surface area contributed by atoms with E-state index in [1.165, 1.54) is 22.9 Å². The number of hydrogen-bond acceptors (Lipinski definition) is 3. The molecule has 0 radical (unpaired) electrons. The van der Waals surface area contributed by atoms with Crippen LogP contribution in [0, 0.1) is 3.57 Å². The monoisotopic (exact) mass is 403 g/mol. The van der Waals surface area contributed by atoms with Gasteiger partial charge in [-0.1, -0.05) is 11.6 Å². The molecular formula is C13H11ClIN3O2. The highest BCUT2D eigenvalue weighted by atomic mass is 127. The lowest BCUT2D eigenvalue weighted by molar-refractivity contribution is -0.116. The summed E-state index contributed by atoms with van der Waals surface area (Å²) in [4.78, 5) is 23.5. The number of nitrogens with zero attached hydrogens (tertiary/aromatic N) is 1. The van der Waals surface area contributed by atoms with Crippen molar-refractivity contribution in [3.05, 3.63) is 55.5 Å². The predicted octanol–water partition coefficient (Wildman–Crippen LogP) is 2.33. The van der Waals surface area contributed by atoms with Crippen LogP contribution >= 0.6 is 34.2 Å². The summed E-state index contributed by atoms with van der Waals surface area (Å²) in [6.45, 7) is -0.119. The summed E-state index contributed by atoms with van der Waals surface area (Å²) in [6.07, 6.45) is 1.43. The first-order valence-corrected chi connectivity index (χ1v) is 7.12. The fourth-order valence-corrected chi connectivity index (χ4v) is 2.51. The smallest absolute Gasteiger partial charge is 0.251 e. The average molecular weight is 404 g/mol. The van der Waals surface area contributed by atoms with E-state index < -0.39 is 0 Å². The second kappa shape index (κ2) is 6.27. The fraction of sp³-hybridized carbons (Fsp3) is 0.0769. The second-order valence-corrected chi connectivity index (χ2v) is 5.75. The van der Waals surface area contributed by atoms with Gasteiger partial charge in [-0.15, -0.1) is 0 Å². The third-order valence-electron chi connectivity index (χ3n) is 2.53. The van der Waals surface area contributed by atoms with Gasteiger partial charge in [0, 0.05) is 21.5 Å². The Hall–Kier alpha value is -1.54. The number of carbonyl (C=O) groups is 1. The van der Waals surface area contributed by atoms with Crippen LogP contribution in [0.2, 0.25) is 5.02 Å². The molecule has 3 N–H and O–H groups in total. The number of anilines is 2. The Labute approximate surface area is 133 Å². The summed E-state index contributed by atoms with van der Waals surface area (Å²) in [5.41, 5.74) is 6.22. The molecule has 0 fully saturated rings. The lowest BCUT2D eigenvalue weighted by Gasteiger charge is -2.09. The third-order valence-corrected chi connectivity index (χ3v) is 3.51. The zero-order chi connectivity index (χ0) is 14.7. The van der Waals surface area contributed by atoms with Gasteiger partial charge in [0.15, 0.2) is 0 Å². The van der Waals surface area contributed by atoms with E-state index in [1.807, 2.05) is 6.07 Å². The molecule has 1 amide bonds. The molecule has 7 heteroatoms. The Kier molecular flexibility index (Phi) is 4.66. The van der Waals surface area contributed by atoms with Gasteiger partial charge in [0.1, 0.15) is 6.54 Å². The number of nitrogens with one attached hydrogen (secondary N) is 1. The Balaban J connectivity index is 2.13. The molecule has 0 bridgehead atoms. The number of aromatic nitrogens is 1. The summed E-state index contributed by atoms with van der Waals surface area (Å²) >= 11 is 8.15. The van der Waals surface area contributed by atoms with Crippen LogP contribution in [0.1, 0.15) is 0 Å². The van der Waals surface area contributed by atoms with Crippen molar-refractivity contribution in [3.8, 4) is 0 Å². The number of amides is 1. The van der Waals surface area contributed by atoms with Gasteiger partial charge in [-0.05, 0) is 46.9 Å². The summed E-state index contributed by atoms with van der Waals surface area (Å²) in [6, 6.07) is 8.09. The van der Waals surface area contributed by atoms with E-state index in [9.17, 15) is 9.59 Å². The number of carbonyl (C=O) groups excluding carboxylic acids is 1. The molecule has 0 atom stereocenters. The first-order valence-electron chi connectivity index (χ1n) is 5.66. The highest BCUT2D eigenvalue weighted by molar-refractivity contribution is 14.1.